The molecule has 1 aromatic rings. The summed E-state index contributed by atoms with van der Waals surface area (Å²) in [5, 5.41) is 7.29. The van der Waals surface area contributed by atoms with Gasteiger partial charge in [0.05, 0.1) is 12.4 Å². The molecular formula is C12H19N5. The zero-order valence-electron chi connectivity index (χ0n) is 10.3. The first-order valence-corrected chi connectivity index (χ1v) is 6.08. The van der Waals surface area contributed by atoms with Crippen LogP contribution >= 0.6 is 0 Å². The Balaban J connectivity index is 2.24. The third kappa shape index (κ3) is 2.23. The van der Waals surface area contributed by atoms with Crippen LogP contribution in [0.2, 0.25) is 0 Å². The van der Waals surface area contributed by atoms with E-state index in [1.54, 1.807) is 12.4 Å². The minimum absolute atomic E-state index is 0.0365. The topological polar surface area (TPSA) is 78.9 Å². The van der Waals surface area contributed by atoms with Crippen LogP contribution in [0, 0.1) is 5.41 Å². The molecule has 2 rings (SSSR count). The molecule has 0 saturated carbocycles. The number of nitrogens with one attached hydrogen (secondary N) is 1. The summed E-state index contributed by atoms with van der Waals surface area (Å²) < 4.78 is 0. The summed E-state index contributed by atoms with van der Waals surface area (Å²) in [4.78, 5) is 10.9. The summed E-state index contributed by atoms with van der Waals surface area (Å²) in [5.41, 5.74) is 5.80. The standard InChI is InChI=1S/C12H19N5/c1-3-9-5-4-8(2)17(9)11-7-15-10(6-16-11)12(13)14/h6-9H,3-5H2,1-2H3,(H3,13,14). The smallest absolute Gasteiger partial charge is 0.147 e. The SMILES string of the molecule is CCC1CCC(C)N1c1cnc(C(=N)N)cn1. The fourth-order valence-corrected chi connectivity index (χ4v) is 2.48. The van der Waals surface area contributed by atoms with Gasteiger partial charge in [-0.2, -0.15) is 0 Å². The molecule has 17 heavy (non-hydrogen) atoms. The summed E-state index contributed by atoms with van der Waals surface area (Å²) in [6.45, 7) is 4.42. The largest absolute Gasteiger partial charge is 0.382 e. The average molecular weight is 233 g/mol. The van der Waals surface area contributed by atoms with Crippen LogP contribution in [0.5, 0.6) is 0 Å². The first-order chi connectivity index (χ1) is 8.13. The molecule has 0 aromatic carbocycles. The number of amidine groups is 1. The van der Waals surface area contributed by atoms with Gasteiger partial charge in [0, 0.05) is 12.1 Å². The molecular weight excluding hydrogens is 214 g/mol. The van der Waals surface area contributed by atoms with Crippen molar-refractivity contribution in [3.63, 3.8) is 0 Å². The molecule has 92 valence electrons. The van der Waals surface area contributed by atoms with Crippen LogP contribution < -0.4 is 10.6 Å². The van der Waals surface area contributed by atoms with Crippen LogP contribution in [0.25, 0.3) is 0 Å². The molecule has 2 unspecified atom stereocenters. The lowest BCUT2D eigenvalue weighted by Crippen LogP contribution is -2.35. The number of rotatable bonds is 3. The van der Waals surface area contributed by atoms with E-state index in [2.05, 4.69) is 28.7 Å². The van der Waals surface area contributed by atoms with Crippen LogP contribution in [0.1, 0.15) is 38.8 Å². The van der Waals surface area contributed by atoms with Crippen molar-refractivity contribution in [2.24, 2.45) is 5.73 Å². The van der Waals surface area contributed by atoms with E-state index in [1.165, 1.54) is 12.8 Å². The Morgan fingerprint density at radius 2 is 2.24 bits per heavy atom. The van der Waals surface area contributed by atoms with E-state index in [-0.39, 0.29) is 5.84 Å². The molecule has 5 heteroatoms. The lowest BCUT2D eigenvalue weighted by molar-refractivity contribution is 0.620. The minimum Gasteiger partial charge on any atom is -0.382 e. The van der Waals surface area contributed by atoms with E-state index in [4.69, 9.17) is 11.1 Å². The Hall–Kier alpha value is -1.65. The van der Waals surface area contributed by atoms with Crippen molar-refractivity contribution in [1.29, 1.82) is 5.41 Å². The van der Waals surface area contributed by atoms with Gasteiger partial charge < -0.3 is 10.6 Å². The van der Waals surface area contributed by atoms with E-state index < -0.39 is 0 Å². The van der Waals surface area contributed by atoms with Crippen LogP contribution in [0.4, 0.5) is 5.82 Å². The third-order valence-corrected chi connectivity index (χ3v) is 3.44. The van der Waals surface area contributed by atoms with Gasteiger partial charge in [0.15, 0.2) is 0 Å². The van der Waals surface area contributed by atoms with E-state index in [0.717, 1.165) is 12.2 Å². The van der Waals surface area contributed by atoms with Crippen molar-refractivity contribution in [2.75, 3.05) is 4.90 Å². The molecule has 3 N–H and O–H groups in total. The van der Waals surface area contributed by atoms with Gasteiger partial charge in [-0.15, -0.1) is 0 Å². The number of hydrogen-bond donors (Lipinski definition) is 2. The van der Waals surface area contributed by atoms with Gasteiger partial charge in [0.2, 0.25) is 0 Å². The fraction of sp³-hybridized carbons (Fsp3) is 0.583. The highest BCUT2D eigenvalue weighted by atomic mass is 15.3. The second kappa shape index (κ2) is 4.69. The van der Waals surface area contributed by atoms with Crippen molar-refractivity contribution < 1.29 is 0 Å². The van der Waals surface area contributed by atoms with Crippen molar-refractivity contribution >= 4 is 11.7 Å². The summed E-state index contributed by atoms with van der Waals surface area (Å²) >= 11 is 0. The molecule has 1 saturated heterocycles. The Morgan fingerprint density at radius 3 is 2.76 bits per heavy atom. The molecule has 0 aliphatic carbocycles. The highest BCUT2D eigenvalue weighted by Crippen LogP contribution is 2.29. The minimum atomic E-state index is -0.0365. The highest BCUT2D eigenvalue weighted by molar-refractivity contribution is 5.92. The van der Waals surface area contributed by atoms with Crippen molar-refractivity contribution in [3.8, 4) is 0 Å². The van der Waals surface area contributed by atoms with E-state index >= 15 is 0 Å². The molecule has 2 heterocycles. The van der Waals surface area contributed by atoms with Crippen LogP contribution in [0.3, 0.4) is 0 Å². The monoisotopic (exact) mass is 233 g/mol. The molecule has 1 fully saturated rings. The molecule has 0 amide bonds. The number of nitrogens with two attached hydrogens (primary N) is 1. The van der Waals surface area contributed by atoms with Gasteiger partial charge in [-0.3, -0.25) is 5.41 Å². The van der Waals surface area contributed by atoms with Crippen LogP contribution in [0.15, 0.2) is 12.4 Å². The first-order valence-electron chi connectivity index (χ1n) is 6.08. The van der Waals surface area contributed by atoms with Crippen molar-refractivity contribution in [1.82, 2.24) is 9.97 Å². The van der Waals surface area contributed by atoms with Crippen molar-refractivity contribution in [2.45, 2.75) is 45.2 Å². The lowest BCUT2D eigenvalue weighted by Gasteiger charge is -2.28. The summed E-state index contributed by atoms with van der Waals surface area (Å²) in [6.07, 6.45) is 6.85. The number of hydrogen-bond acceptors (Lipinski definition) is 4. The van der Waals surface area contributed by atoms with Gasteiger partial charge in [-0.05, 0) is 26.2 Å². The molecule has 0 bridgehead atoms. The maximum absolute atomic E-state index is 7.29. The predicted octanol–water partition coefficient (Wildman–Crippen LogP) is 1.53. The third-order valence-electron chi connectivity index (χ3n) is 3.44. The number of aromatic nitrogens is 2. The fourth-order valence-electron chi connectivity index (χ4n) is 2.48. The molecule has 1 aliphatic heterocycles. The lowest BCUT2D eigenvalue weighted by atomic mass is 10.1. The van der Waals surface area contributed by atoms with E-state index in [0.29, 0.717) is 17.8 Å². The second-order valence-electron chi connectivity index (χ2n) is 4.57. The quantitative estimate of drug-likeness (QED) is 0.613. The van der Waals surface area contributed by atoms with Gasteiger partial charge in [-0.1, -0.05) is 6.92 Å². The Morgan fingerprint density at radius 1 is 1.47 bits per heavy atom. The summed E-state index contributed by atoms with van der Waals surface area (Å²) in [6, 6.07) is 1.07. The Bertz CT molecular complexity index is 400. The first kappa shape index (κ1) is 11.8. The second-order valence-corrected chi connectivity index (χ2v) is 4.57. The van der Waals surface area contributed by atoms with Crippen LogP contribution in [-0.2, 0) is 0 Å². The zero-order chi connectivity index (χ0) is 12.4. The number of anilines is 1. The summed E-state index contributed by atoms with van der Waals surface area (Å²) in [7, 11) is 0. The normalized spacial score (nSPS) is 24.0. The number of nitrogen functional groups attached to an aromatic ring is 1. The van der Waals surface area contributed by atoms with Gasteiger partial charge in [-0.25, -0.2) is 9.97 Å². The molecule has 5 nitrogen and oxygen atoms in total. The van der Waals surface area contributed by atoms with Crippen LogP contribution in [-0.4, -0.2) is 27.9 Å². The van der Waals surface area contributed by atoms with Gasteiger partial charge >= 0.3 is 0 Å². The number of nitrogens with zero attached hydrogens (tertiary/aromatic N) is 3. The molecule has 0 radical (unpaired) electrons. The maximum Gasteiger partial charge on any atom is 0.147 e. The zero-order valence-corrected chi connectivity index (χ0v) is 10.3. The van der Waals surface area contributed by atoms with Crippen molar-refractivity contribution in [3.05, 3.63) is 18.1 Å². The van der Waals surface area contributed by atoms with Gasteiger partial charge in [0.1, 0.15) is 17.3 Å². The highest BCUT2D eigenvalue weighted by Gasteiger charge is 2.30. The van der Waals surface area contributed by atoms with E-state index in [1.807, 2.05) is 0 Å². The Labute approximate surface area is 102 Å². The predicted molar refractivity (Wildman–Crippen MR) is 68.3 cm³/mol. The Kier molecular flexibility index (Phi) is 3.26. The molecule has 0 spiro atoms. The summed E-state index contributed by atoms with van der Waals surface area (Å²) in [5.74, 6) is 0.859. The van der Waals surface area contributed by atoms with Gasteiger partial charge in [0.25, 0.3) is 0 Å². The average Bonchev–Trinajstić information content (AvgIpc) is 2.70. The maximum atomic E-state index is 7.29. The molecule has 1 aromatic heterocycles. The molecule has 2 atom stereocenters. The molecule has 1 aliphatic rings. The van der Waals surface area contributed by atoms with E-state index in [9.17, 15) is 0 Å².